The summed E-state index contributed by atoms with van der Waals surface area (Å²) in [4.78, 5) is 14.7. The van der Waals surface area contributed by atoms with Gasteiger partial charge in [-0.1, -0.05) is 0 Å². The van der Waals surface area contributed by atoms with E-state index in [-0.39, 0.29) is 10.6 Å². The molecule has 2 aromatic carbocycles. The van der Waals surface area contributed by atoms with Crippen LogP contribution in [0.3, 0.4) is 0 Å². The van der Waals surface area contributed by atoms with E-state index in [9.17, 15) is 10.1 Å². The Morgan fingerprint density at radius 2 is 1.75 bits per heavy atom. The number of aromatic nitrogens is 1. The molecule has 0 aliphatic heterocycles. The van der Waals surface area contributed by atoms with Gasteiger partial charge in [0.15, 0.2) is 0 Å². The van der Waals surface area contributed by atoms with Crippen LogP contribution >= 0.6 is 0 Å². The van der Waals surface area contributed by atoms with Gasteiger partial charge in [-0.25, -0.2) is 0 Å². The molecule has 0 fully saturated rings. The van der Waals surface area contributed by atoms with Crippen molar-refractivity contribution >= 4 is 44.7 Å². The summed E-state index contributed by atoms with van der Waals surface area (Å²) in [5.41, 5.74) is 1.17. The average Bonchev–Trinajstić information content (AvgIpc) is 2.48. The molecule has 1 aromatic heterocycles. The summed E-state index contributed by atoms with van der Waals surface area (Å²) in [5, 5.41) is 11.8. The van der Waals surface area contributed by atoms with Crippen molar-refractivity contribution in [2.24, 2.45) is 0 Å². The monoisotopic (exact) mass is 380 g/mol. The zero-order chi connectivity index (χ0) is 13.9. The van der Waals surface area contributed by atoms with Crippen LogP contribution in [0.25, 0.3) is 10.9 Å². The van der Waals surface area contributed by atoms with Gasteiger partial charge in [0.05, 0.1) is 0 Å². The van der Waals surface area contributed by atoms with E-state index in [0.717, 1.165) is 10.9 Å². The van der Waals surface area contributed by atoms with Crippen LogP contribution in [0.2, 0.25) is 0 Å². The normalized spacial score (nSPS) is 10.6. The third-order valence-corrected chi connectivity index (χ3v) is 5.89. The van der Waals surface area contributed by atoms with Crippen LogP contribution in [-0.4, -0.2) is 30.8 Å². The fourth-order valence-corrected chi connectivity index (χ4v) is 4.60. The molecule has 0 saturated heterocycles. The molecule has 20 heavy (non-hydrogen) atoms. The molecule has 0 saturated carbocycles. The van der Waals surface area contributed by atoms with E-state index in [2.05, 4.69) is 23.2 Å². The number of benzene rings is 2. The Morgan fingerprint density at radius 3 is 2.50 bits per heavy atom. The van der Waals surface area contributed by atoms with E-state index in [1.54, 1.807) is 18.3 Å². The summed E-state index contributed by atoms with van der Waals surface area (Å²) in [6.07, 6.45) is 1.80. The van der Waals surface area contributed by atoms with Gasteiger partial charge in [0.1, 0.15) is 0 Å². The number of fused-ring (bicyclic) bond motifs is 1. The third kappa shape index (κ3) is 2.64. The fourth-order valence-electron chi connectivity index (χ4n) is 1.92. The number of nitro benzene ring substituents is 1. The van der Waals surface area contributed by atoms with Crippen LogP contribution in [0.15, 0.2) is 60.8 Å². The van der Waals surface area contributed by atoms with Gasteiger partial charge in [-0.15, -0.1) is 0 Å². The molecule has 0 aliphatic rings. The van der Waals surface area contributed by atoms with Gasteiger partial charge in [0.2, 0.25) is 0 Å². The molecule has 3 rings (SSSR count). The molecule has 0 aliphatic carbocycles. The van der Waals surface area contributed by atoms with Crippen molar-refractivity contribution in [3.05, 3.63) is 70.9 Å². The molecule has 4 nitrogen and oxygen atoms in total. The molecule has 0 radical (unpaired) electrons. The fraction of sp³-hybridized carbons (Fsp3) is 0. The van der Waals surface area contributed by atoms with E-state index in [1.807, 2.05) is 24.3 Å². The second-order valence-corrected chi connectivity index (χ2v) is 7.37. The maximum absolute atomic E-state index is 10.7. The van der Waals surface area contributed by atoms with Crippen molar-refractivity contribution < 1.29 is 4.92 Å². The summed E-state index contributed by atoms with van der Waals surface area (Å²) in [6.45, 7) is 0. The molecule has 3 aromatic rings. The van der Waals surface area contributed by atoms with Gasteiger partial charge in [0.25, 0.3) is 0 Å². The van der Waals surface area contributed by atoms with Crippen molar-refractivity contribution in [2.75, 3.05) is 0 Å². The van der Waals surface area contributed by atoms with Crippen molar-refractivity contribution in [3.8, 4) is 0 Å². The minimum atomic E-state index is -0.592. The number of hydrogen-bond acceptors (Lipinski definition) is 3. The molecule has 1 heterocycles. The standard InChI is InChI=1S/C15H10N2O2Te/c18-17(19)12-6-8-13(9-7-12)20-14-5-1-3-11-4-2-10-16-15(11)14/h1-10H. The third-order valence-electron chi connectivity index (χ3n) is 2.87. The van der Waals surface area contributed by atoms with Gasteiger partial charge >= 0.3 is 126 Å². The molecular weight excluding hydrogens is 368 g/mol. The SMILES string of the molecule is O=[N+]([O-])c1ccc([Te]c2cccc3cccnc23)cc1. The maximum atomic E-state index is 10.7. The second kappa shape index (κ2) is 5.58. The van der Waals surface area contributed by atoms with E-state index in [4.69, 9.17) is 0 Å². The van der Waals surface area contributed by atoms with Crippen molar-refractivity contribution in [1.82, 2.24) is 4.98 Å². The Kier molecular flexibility index (Phi) is 3.64. The quantitative estimate of drug-likeness (QED) is 0.397. The molecule has 0 N–H and O–H groups in total. The minimum absolute atomic E-state index is 0.136. The number of rotatable bonds is 3. The summed E-state index contributed by atoms with van der Waals surface area (Å²) < 4.78 is 2.42. The number of pyridine rings is 1. The Bertz CT molecular complexity index is 767. The molecule has 5 heteroatoms. The number of nitrogens with zero attached hydrogens (tertiary/aromatic N) is 2. The first-order chi connectivity index (χ1) is 9.74. The number of nitro groups is 1. The van der Waals surface area contributed by atoms with Gasteiger partial charge in [-0.2, -0.15) is 0 Å². The van der Waals surface area contributed by atoms with E-state index >= 15 is 0 Å². The molecule has 0 spiro atoms. The predicted molar refractivity (Wildman–Crippen MR) is 79.9 cm³/mol. The predicted octanol–water partition coefficient (Wildman–Crippen LogP) is 1.80. The number of para-hydroxylation sites is 1. The Labute approximate surface area is 125 Å². The van der Waals surface area contributed by atoms with Gasteiger partial charge in [0, 0.05) is 0 Å². The van der Waals surface area contributed by atoms with Gasteiger partial charge in [-0.3, -0.25) is 0 Å². The topological polar surface area (TPSA) is 56.0 Å². The molecular formula is C15H10N2O2Te. The van der Waals surface area contributed by atoms with Crippen LogP contribution in [0.4, 0.5) is 5.69 Å². The van der Waals surface area contributed by atoms with Crippen molar-refractivity contribution in [2.45, 2.75) is 0 Å². The summed E-state index contributed by atoms with van der Waals surface area (Å²) >= 11 is -0.592. The average molecular weight is 378 g/mol. The molecule has 0 amide bonds. The molecule has 98 valence electrons. The van der Waals surface area contributed by atoms with Crippen LogP contribution in [-0.2, 0) is 0 Å². The van der Waals surface area contributed by atoms with Crippen molar-refractivity contribution in [3.63, 3.8) is 0 Å². The van der Waals surface area contributed by atoms with E-state index in [1.165, 1.54) is 7.22 Å². The van der Waals surface area contributed by atoms with Crippen LogP contribution in [0.1, 0.15) is 0 Å². The second-order valence-electron chi connectivity index (χ2n) is 4.18. The zero-order valence-corrected chi connectivity index (χ0v) is 12.7. The first kappa shape index (κ1) is 13.0. The first-order valence-corrected chi connectivity index (χ1v) is 8.33. The number of non-ortho nitro benzene ring substituents is 1. The first-order valence-electron chi connectivity index (χ1n) is 6.00. The Balaban J connectivity index is 1.95. The molecule has 0 bridgehead atoms. The van der Waals surface area contributed by atoms with Crippen molar-refractivity contribution in [1.29, 1.82) is 0 Å². The van der Waals surface area contributed by atoms with E-state index < -0.39 is 20.9 Å². The zero-order valence-electron chi connectivity index (χ0n) is 10.4. The molecule has 0 unspecified atom stereocenters. The summed E-state index contributed by atoms with van der Waals surface area (Å²) in [5.74, 6) is 0. The van der Waals surface area contributed by atoms with Crippen LogP contribution in [0.5, 0.6) is 0 Å². The van der Waals surface area contributed by atoms with Gasteiger partial charge in [-0.05, 0) is 0 Å². The summed E-state index contributed by atoms with van der Waals surface area (Å²) in [7, 11) is 0. The van der Waals surface area contributed by atoms with Crippen LogP contribution in [0, 0.1) is 10.1 Å². The Hall–Kier alpha value is -1.96. The molecule has 0 atom stereocenters. The van der Waals surface area contributed by atoms with E-state index in [0.29, 0.717) is 0 Å². The summed E-state index contributed by atoms with van der Waals surface area (Å²) in [6, 6.07) is 17.0. The number of hydrogen-bond donors (Lipinski definition) is 0. The van der Waals surface area contributed by atoms with Crippen LogP contribution < -0.4 is 7.22 Å². The Morgan fingerprint density at radius 1 is 1.00 bits per heavy atom. The van der Waals surface area contributed by atoms with Gasteiger partial charge < -0.3 is 0 Å².